The number of hydrogen-bond acceptors (Lipinski definition) is 6. The van der Waals surface area contributed by atoms with E-state index in [1.165, 1.54) is 0 Å². The summed E-state index contributed by atoms with van der Waals surface area (Å²) in [7, 11) is 0. The monoisotopic (exact) mass is 398 g/mol. The van der Waals surface area contributed by atoms with E-state index in [4.69, 9.17) is 4.74 Å². The Morgan fingerprint density at radius 1 is 1.26 bits per heavy atom. The first kappa shape index (κ1) is 18.5. The molecule has 0 radical (unpaired) electrons. The zero-order valence-corrected chi connectivity index (χ0v) is 15.7. The zero-order valence-electron chi connectivity index (χ0n) is 14.9. The van der Waals surface area contributed by atoms with Crippen molar-refractivity contribution in [3.63, 3.8) is 0 Å². The summed E-state index contributed by atoms with van der Waals surface area (Å²) in [6.07, 6.45) is -1.98. The quantitative estimate of drug-likeness (QED) is 0.833. The van der Waals surface area contributed by atoms with Crippen molar-refractivity contribution in [2.45, 2.75) is 44.0 Å². The molecule has 4 rings (SSSR count). The standard InChI is InChI=1S/C18H21F3N4OS/c1-2-25-9-7-17(8-10-25)11-13(12-5-3-4-6-14(12)26-17)22-16-24-23-15(27-16)18(19,20)21/h3-6,13H,2,7-11H2,1H3,(H,22,24). The highest BCUT2D eigenvalue weighted by molar-refractivity contribution is 7.15. The van der Waals surface area contributed by atoms with Crippen molar-refractivity contribution in [1.29, 1.82) is 0 Å². The van der Waals surface area contributed by atoms with Crippen molar-refractivity contribution >= 4 is 16.5 Å². The molecular weight excluding hydrogens is 377 g/mol. The van der Waals surface area contributed by atoms with Crippen molar-refractivity contribution in [3.8, 4) is 5.75 Å². The van der Waals surface area contributed by atoms with Crippen LogP contribution in [0.2, 0.25) is 0 Å². The SMILES string of the molecule is CCN1CCC2(CC1)CC(Nc1nnc(C(F)(F)F)s1)c1ccccc1O2. The Bertz CT molecular complexity index is 802. The van der Waals surface area contributed by atoms with Crippen molar-refractivity contribution in [1.82, 2.24) is 15.1 Å². The Hall–Kier alpha value is -1.87. The van der Waals surface area contributed by atoms with Crippen molar-refractivity contribution in [2.24, 2.45) is 0 Å². The van der Waals surface area contributed by atoms with Crippen LogP contribution in [0, 0.1) is 0 Å². The summed E-state index contributed by atoms with van der Waals surface area (Å²) in [5.74, 6) is 0.798. The largest absolute Gasteiger partial charge is 0.487 e. The molecule has 1 atom stereocenters. The van der Waals surface area contributed by atoms with Crippen LogP contribution in [0.3, 0.4) is 0 Å². The third-order valence-corrected chi connectivity index (χ3v) is 6.28. The third kappa shape index (κ3) is 3.75. The van der Waals surface area contributed by atoms with E-state index in [0.717, 1.165) is 43.8 Å². The molecule has 0 aliphatic carbocycles. The number of piperidine rings is 1. The van der Waals surface area contributed by atoms with Crippen LogP contribution in [-0.4, -0.2) is 40.3 Å². The van der Waals surface area contributed by atoms with Crippen LogP contribution in [0.4, 0.5) is 18.3 Å². The number of fused-ring (bicyclic) bond motifs is 1. The molecule has 1 saturated heterocycles. The lowest BCUT2D eigenvalue weighted by Crippen LogP contribution is -2.51. The minimum Gasteiger partial charge on any atom is -0.487 e. The first-order chi connectivity index (χ1) is 12.9. The molecule has 146 valence electrons. The molecular formula is C18H21F3N4OS. The van der Waals surface area contributed by atoms with E-state index < -0.39 is 11.2 Å². The number of halogens is 3. The molecule has 3 heterocycles. The molecule has 5 nitrogen and oxygen atoms in total. The lowest BCUT2D eigenvalue weighted by atomic mass is 9.80. The highest BCUT2D eigenvalue weighted by Crippen LogP contribution is 2.46. The van der Waals surface area contributed by atoms with E-state index in [9.17, 15) is 13.2 Å². The summed E-state index contributed by atoms with van der Waals surface area (Å²) in [6, 6.07) is 7.56. The number of likely N-dealkylation sites (tertiary alicyclic amines) is 1. The fourth-order valence-corrected chi connectivity index (χ4v) is 4.54. The first-order valence-electron chi connectivity index (χ1n) is 9.06. The summed E-state index contributed by atoms with van der Waals surface area (Å²) in [5, 5.41) is 9.40. The lowest BCUT2D eigenvalue weighted by Gasteiger charge is -2.46. The fourth-order valence-electron chi connectivity index (χ4n) is 3.88. The van der Waals surface area contributed by atoms with Crippen LogP contribution in [0.15, 0.2) is 24.3 Å². The number of ether oxygens (including phenoxy) is 1. The highest BCUT2D eigenvalue weighted by Gasteiger charge is 2.43. The molecule has 0 bridgehead atoms. The van der Waals surface area contributed by atoms with Crippen LogP contribution in [0.1, 0.15) is 42.8 Å². The molecule has 0 amide bonds. The van der Waals surface area contributed by atoms with Gasteiger partial charge in [-0.3, -0.25) is 0 Å². The average molecular weight is 398 g/mol. The number of anilines is 1. The topological polar surface area (TPSA) is 50.3 Å². The van der Waals surface area contributed by atoms with Gasteiger partial charge < -0.3 is 15.0 Å². The van der Waals surface area contributed by atoms with E-state index in [-0.39, 0.29) is 16.8 Å². The van der Waals surface area contributed by atoms with Crippen molar-refractivity contribution < 1.29 is 17.9 Å². The van der Waals surface area contributed by atoms with Crippen molar-refractivity contribution in [2.75, 3.05) is 25.0 Å². The maximum absolute atomic E-state index is 12.8. The van der Waals surface area contributed by atoms with Gasteiger partial charge in [0.1, 0.15) is 11.4 Å². The summed E-state index contributed by atoms with van der Waals surface area (Å²) in [6.45, 7) is 5.08. The molecule has 9 heteroatoms. The molecule has 1 unspecified atom stereocenters. The summed E-state index contributed by atoms with van der Waals surface area (Å²) >= 11 is 0.540. The Morgan fingerprint density at radius 2 is 2.00 bits per heavy atom. The molecule has 1 spiro atoms. The summed E-state index contributed by atoms with van der Waals surface area (Å²) in [4.78, 5) is 2.39. The van der Waals surface area contributed by atoms with Crippen LogP contribution >= 0.6 is 11.3 Å². The van der Waals surface area contributed by atoms with Gasteiger partial charge in [-0.05, 0) is 25.5 Å². The number of rotatable bonds is 3. The molecule has 1 aromatic carbocycles. The second-order valence-corrected chi connectivity index (χ2v) is 8.05. The first-order valence-corrected chi connectivity index (χ1v) is 9.88. The van der Waals surface area contributed by atoms with Gasteiger partial charge in [-0.15, -0.1) is 10.2 Å². The van der Waals surface area contributed by atoms with Gasteiger partial charge in [-0.1, -0.05) is 36.5 Å². The Balaban J connectivity index is 1.58. The van der Waals surface area contributed by atoms with Gasteiger partial charge in [0.05, 0.1) is 6.04 Å². The van der Waals surface area contributed by atoms with Crippen LogP contribution < -0.4 is 10.1 Å². The summed E-state index contributed by atoms with van der Waals surface area (Å²) in [5.41, 5.74) is 0.652. The van der Waals surface area contributed by atoms with Crippen LogP contribution in [0.25, 0.3) is 0 Å². The van der Waals surface area contributed by atoms with Gasteiger partial charge in [0, 0.05) is 25.1 Å². The van der Waals surface area contributed by atoms with Gasteiger partial charge in [0.15, 0.2) is 0 Å². The third-order valence-electron chi connectivity index (χ3n) is 5.38. The minimum absolute atomic E-state index is 0.155. The van der Waals surface area contributed by atoms with E-state index in [0.29, 0.717) is 17.8 Å². The summed E-state index contributed by atoms with van der Waals surface area (Å²) < 4.78 is 44.9. The zero-order chi connectivity index (χ0) is 19.1. The van der Waals surface area contributed by atoms with Gasteiger partial charge in [0.2, 0.25) is 10.1 Å². The fraction of sp³-hybridized carbons (Fsp3) is 0.556. The maximum atomic E-state index is 12.8. The number of nitrogens with zero attached hydrogens (tertiary/aromatic N) is 3. The highest BCUT2D eigenvalue weighted by atomic mass is 32.1. The smallest absolute Gasteiger partial charge is 0.445 e. The van der Waals surface area contributed by atoms with Gasteiger partial charge >= 0.3 is 6.18 Å². The lowest BCUT2D eigenvalue weighted by molar-refractivity contribution is -0.138. The minimum atomic E-state index is -4.47. The predicted octanol–water partition coefficient (Wildman–Crippen LogP) is 4.35. The Morgan fingerprint density at radius 3 is 2.67 bits per heavy atom. The normalized spacial score (nSPS) is 22.3. The molecule has 2 aliphatic rings. The van der Waals surface area contributed by atoms with Gasteiger partial charge in [0.25, 0.3) is 0 Å². The molecule has 1 fully saturated rings. The number of aromatic nitrogens is 2. The average Bonchev–Trinajstić information content (AvgIpc) is 3.11. The molecule has 1 N–H and O–H groups in total. The second-order valence-electron chi connectivity index (χ2n) is 7.07. The Kier molecular flexibility index (Phi) is 4.75. The Labute approximate surface area is 159 Å². The van der Waals surface area contributed by atoms with Crippen LogP contribution in [0.5, 0.6) is 5.75 Å². The van der Waals surface area contributed by atoms with E-state index >= 15 is 0 Å². The number of alkyl halides is 3. The molecule has 0 saturated carbocycles. The number of hydrogen-bond donors (Lipinski definition) is 1. The second kappa shape index (κ2) is 6.94. The van der Waals surface area contributed by atoms with Crippen LogP contribution in [-0.2, 0) is 6.18 Å². The molecule has 2 aliphatic heterocycles. The molecule has 27 heavy (non-hydrogen) atoms. The number of nitrogens with one attached hydrogen (secondary N) is 1. The molecule has 2 aromatic rings. The van der Waals surface area contributed by atoms with E-state index in [2.05, 4.69) is 27.3 Å². The van der Waals surface area contributed by atoms with E-state index in [1.807, 2.05) is 24.3 Å². The van der Waals surface area contributed by atoms with Gasteiger partial charge in [-0.2, -0.15) is 13.2 Å². The number of para-hydroxylation sites is 1. The maximum Gasteiger partial charge on any atom is 0.445 e. The predicted molar refractivity (Wildman–Crippen MR) is 97.0 cm³/mol. The van der Waals surface area contributed by atoms with Gasteiger partial charge in [-0.25, -0.2) is 0 Å². The number of benzene rings is 1. The van der Waals surface area contributed by atoms with E-state index in [1.54, 1.807) is 0 Å². The molecule has 1 aromatic heterocycles. The van der Waals surface area contributed by atoms with Crippen molar-refractivity contribution in [3.05, 3.63) is 34.8 Å².